The van der Waals surface area contributed by atoms with Crippen LogP contribution in [-0.2, 0) is 14.3 Å². The van der Waals surface area contributed by atoms with Crippen LogP contribution in [-0.4, -0.2) is 52.6 Å². The minimum absolute atomic E-state index is 0.222. The van der Waals surface area contributed by atoms with Crippen LogP contribution >= 0.6 is 0 Å². The van der Waals surface area contributed by atoms with Gasteiger partial charge in [0.1, 0.15) is 5.75 Å². The van der Waals surface area contributed by atoms with Gasteiger partial charge in [-0.15, -0.1) is 10.2 Å². The van der Waals surface area contributed by atoms with Crippen LogP contribution in [0.1, 0.15) is 43.6 Å². The van der Waals surface area contributed by atoms with Crippen molar-refractivity contribution in [3.8, 4) is 17.0 Å². The summed E-state index contributed by atoms with van der Waals surface area (Å²) >= 11 is 0. The van der Waals surface area contributed by atoms with Crippen molar-refractivity contribution >= 4 is 16.9 Å². The fourth-order valence-electron chi connectivity index (χ4n) is 3.80. The van der Waals surface area contributed by atoms with Crippen molar-refractivity contribution in [1.82, 2.24) is 15.2 Å². The second-order valence-electron chi connectivity index (χ2n) is 7.92. The zero-order valence-corrected chi connectivity index (χ0v) is 18.8. The molecule has 2 saturated heterocycles. The Labute approximate surface area is 193 Å². The number of carbonyl (C=O) groups is 1. The standard InChI is InChI=1S/C17H17N3O2.C5H10O.C3H5NO/c21-16-4-2-1-3-12(16)15-9-13-14(10-18-17(13)20-19-15)11-5-7-22-8-6-11;1-2-4-6-5-3-1;1-2-3(4)5/h1-4,9-11,21H,5-8H2,(H,18,20);1-5H2;2H,1H2,(H2,4,5). The second-order valence-corrected chi connectivity index (χ2v) is 7.92. The maximum atomic E-state index is 10.0. The molecule has 0 aliphatic carbocycles. The molecule has 8 nitrogen and oxygen atoms in total. The number of phenols is 1. The number of nitrogens with one attached hydrogen (secondary N) is 1. The Morgan fingerprint density at radius 1 is 1.09 bits per heavy atom. The van der Waals surface area contributed by atoms with Gasteiger partial charge < -0.3 is 25.3 Å². The highest BCUT2D eigenvalue weighted by Gasteiger charge is 2.20. The van der Waals surface area contributed by atoms with E-state index in [4.69, 9.17) is 9.47 Å². The van der Waals surface area contributed by atoms with Crippen molar-refractivity contribution in [3.63, 3.8) is 0 Å². The SMILES string of the molecule is C1CCOCC1.C=CC(N)=O.Oc1ccccc1-c1cc2c(C3CCOCC3)c[nH]c2nn1. The number of rotatable bonds is 3. The molecule has 4 heterocycles. The van der Waals surface area contributed by atoms with Gasteiger partial charge in [-0.1, -0.05) is 18.7 Å². The number of aromatic nitrogens is 3. The molecule has 2 aliphatic rings. The zero-order chi connectivity index (χ0) is 23.5. The Bertz CT molecular complexity index is 1030. The number of fused-ring (bicyclic) bond motifs is 1. The summed E-state index contributed by atoms with van der Waals surface area (Å²) < 4.78 is 10.5. The van der Waals surface area contributed by atoms with Crippen molar-refractivity contribution in [2.24, 2.45) is 5.73 Å². The van der Waals surface area contributed by atoms with Crippen molar-refractivity contribution in [2.45, 2.75) is 38.0 Å². The first-order valence-corrected chi connectivity index (χ1v) is 11.3. The molecule has 0 bridgehead atoms. The van der Waals surface area contributed by atoms with E-state index < -0.39 is 5.91 Å². The van der Waals surface area contributed by atoms with E-state index in [0.29, 0.717) is 17.2 Å². The van der Waals surface area contributed by atoms with E-state index in [-0.39, 0.29) is 5.75 Å². The van der Waals surface area contributed by atoms with E-state index in [1.807, 2.05) is 24.4 Å². The molecule has 2 aliphatic heterocycles. The molecule has 2 fully saturated rings. The second kappa shape index (κ2) is 12.7. The van der Waals surface area contributed by atoms with Gasteiger partial charge in [-0.3, -0.25) is 4.79 Å². The number of para-hydroxylation sites is 1. The normalized spacial score (nSPS) is 16.1. The molecule has 176 valence electrons. The fourth-order valence-corrected chi connectivity index (χ4v) is 3.80. The first kappa shape index (κ1) is 24.4. The first-order valence-electron chi connectivity index (χ1n) is 11.3. The van der Waals surface area contributed by atoms with Crippen molar-refractivity contribution in [2.75, 3.05) is 26.4 Å². The number of hydrogen-bond donors (Lipinski definition) is 3. The van der Waals surface area contributed by atoms with Crippen molar-refractivity contribution in [3.05, 3.63) is 54.7 Å². The number of H-pyrrole nitrogens is 1. The molecule has 0 radical (unpaired) electrons. The number of carbonyl (C=O) groups excluding carboxylic acids is 1. The van der Waals surface area contributed by atoms with Gasteiger partial charge in [0.2, 0.25) is 5.91 Å². The van der Waals surface area contributed by atoms with Crippen molar-refractivity contribution in [1.29, 1.82) is 0 Å². The monoisotopic (exact) mass is 452 g/mol. The number of amides is 1. The molecule has 4 N–H and O–H groups in total. The molecule has 0 saturated carbocycles. The number of nitrogens with two attached hydrogens (primary N) is 1. The highest BCUT2D eigenvalue weighted by molar-refractivity contribution is 5.85. The molecule has 1 amide bonds. The van der Waals surface area contributed by atoms with Crippen LogP contribution in [0, 0.1) is 0 Å². The Morgan fingerprint density at radius 3 is 2.33 bits per heavy atom. The maximum absolute atomic E-state index is 10.0. The number of phenolic OH excluding ortho intramolecular Hbond substituents is 1. The molecular formula is C25H32N4O4. The Balaban J connectivity index is 0.000000231. The lowest BCUT2D eigenvalue weighted by atomic mass is 9.91. The summed E-state index contributed by atoms with van der Waals surface area (Å²) in [6, 6.07) is 9.22. The summed E-state index contributed by atoms with van der Waals surface area (Å²) in [4.78, 5) is 12.7. The van der Waals surface area contributed by atoms with E-state index in [2.05, 4.69) is 27.5 Å². The summed E-state index contributed by atoms with van der Waals surface area (Å²) in [7, 11) is 0. The van der Waals surface area contributed by atoms with Crippen LogP contribution in [0.15, 0.2) is 49.2 Å². The van der Waals surface area contributed by atoms with Crippen LogP contribution in [0.3, 0.4) is 0 Å². The number of aromatic hydroxyl groups is 1. The van der Waals surface area contributed by atoms with E-state index in [0.717, 1.165) is 56.4 Å². The third-order valence-electron chi connectivity index (χ3n) is 5.59. The van der Waals surface area contributed by atoms with E-state index >= 15 is 0 Å². The van der Waals surface area contributed by atoms with Crippen LogP contribution in [0.5, 0.6) is 5.75 Å². The number of primary amides is 1. The minimum Gasteiger partial charge on any atom is -0.507 e. The van der Waals surface area contributed by atoms with Crippen LogP contribution in [0.4, 0.5) is 0 Å². The molecule has 8 heteroatoms. The summed E-state index contributed by atoms with van der Waals surface area (Å²) in [5, 5.41) is 19.6. The van der Waals surface area contributed by atoms with E-state index in [9.17, 15) is 9.90 Å². The lowest BCUT2D eigenvalue weighted by molar-refractivity contribution is -0.113. The van der Waals surface area contributed by atoms with Gasteiger partial charge in [0.05, 0.1) is 5.69 Å². The fraction of sp³-hybridized carbons (Fsp3) is 0.400. The zero-order valence-electron chi connectivity index (χ0n) is 18.8. The molecule has 0 spiro atoms. The number of hydrogen-bond acceptors (Lipinski definition) is 6. The Kier molecular flexibility index (Phi) is 9.41. The van der Waals surface area contributed by atoms with Crippen LogP contribution < -0.4 is 5.73 Å². The molecule has 2 aromatic heterocycles. The van der Waals surface area contributed by atoms with Crippen LogP contribution in [0.2, 0.25) is 0 Å². The predicted octanol–water partition coefficient (Wildman–Crippen LogP) is 4.07. The predicted molar refractivity (Wildman–Crippen MR) is 128 cm³/mol. The molecule has 33 heavy (non-hydrogen) atoms. The third kappa shape index (κ3) is 7.13. The summed E-state index contributed by atoms with van der Waals surface area (Å²) in [6.07, 6.45) is 9.08. The van der Waals surface area contributed by atoms with Gasteiger partial charge in [-0.05, 0) is 67.9 Å². The van der Waals surface area contributed by atoms with E-state index in [1.165, 1.54) is 24.8 Å². The largest absolute Gasteiger partial charge is 0.507 e. The average Bonchev–Trinajstić information content (AvgIpc) is 3.30. The summed E-state index contributed by atoms with van der Waals surface area (Å²) in [6.45, 7) is 6.70. The Hall–Kier alpha value is -3.23. The minimum atomic E-state index is -0.481. The smallest absolute Gasteiger partial charge is 0.240 e. The molecular weight excluding hydrogens is 420 g/mol. The van der Waals surface area contributed by atoms with Gasteiger partial charge in [0, 0.05) is 43.6 Å². The third-order valence-corrected chi connectivity index (χ3v) is 5.59. The van der Waals surface area contributed by atoms with Gasteiger partial charge in [0.25, 0.3) is 0 Å². The molecule has 1 aromatic carbocycles. The van der Waals surface area contributed by atoms with Crippen molar-refractivity contribution < 1.29 is 19.4 Å². The lowest BCUT2D eigenvalue weighted by Gasteiger charge is -2.21. The first-order chi connectivity index (χ1) is 16.1. The molecule has 0 unspecified atom stereocenters. The Morgan fingerprint density at radius 2 is 1.76 bits per heavy atom. The van der Waals surface area contributed by atoms with Gasteiger partial charge in [-0.25, -0.2) is 0 Å². The number of nitrogens with zero attached hydrogens (tertiary/aromatic N) is 2. The molecule has 3 aromatic rings. The molecule has 5 rings (SSSR count). The highest BCUT2D eigenvalue weighted by Crippen LogP contribution is 2.34. The summed E-state index contributed by atoms with van der Waals surface area (Å²) in [5.41, 5.74) is 7.99. The average molecular weight is 453 g/mol. The number of benzene rings is 1. The quantitative estimate of drug-likeness (QED) is 0.515. The lowest BCUT2D eigenvalue weighted by Crippen LogP contribution is -2.13. The molecule has 0 atom stereocenters. The number of aromatic amines is 1. The summed E-state index contributed by atoms with van der Waals surface area (Å²) in [5.74, 6) is 0.230. The maximum Gasteiger partial charge on any atom is 0.240 e. The van der Waals surface area contributed by atoms with Gasteiger partial charge in [0.15, 0.2) is 5.65 Å². The van der Waals surface area contributed by atoms with Gasteiger partial charge in [-0.2, -0.15) is 0 Å². The highest BCUT2D eigenvalue weighted by atomic mass is 16.5. The van der Waals surface area contributed by atoms with E-state index in [1.54, 1.807) is 12.1 Å². The number of ether oxygens (including phenoxy) is 2. The van der Waals surface area contributed by atoms with Crippen LogP contribution in [0.25, 0.3) is 22.3 Å². The van der Waals surface area contributed by atoms with Gasteiger partial charge >= 0.3 is 0 Å². The topological polar surface area (TPSA) is 123 Å².